The fraction of sp³-hybridized carbons (Fsp3) is 0.533. The van der Waals surface area contributed by atoms with Crippen LogP contribution in [0.5, 0.6) is 0 Å². The minimum absolute atomic E-state index is 0.0142. The number of benzene rings is 1. The third kappa shape index (κ3) is 3.25. The van der Waals surface area contributed by atoms with Crippen molar-refractivity contribution >= 4 is 11.6 Å². The highest BCUT2D eigenvalue weighted by atomic mass is 16.1. The lowest BCUT2D eigenvalue weighted by atomic mass is 10.0. The van der Waals surface area contributed by atoms with Crippen LogP contribution in [0.1, 0.15) is 48.0 Å². The maximum Gasteiger partial charge on any atom is 0.251 e. The van der Waals surface area contributed by atoms with Crippen LogP contribution in [0.15, 0.2) is 18.2 Å². The van der Waals surface area contributed by atoms with Crippen molar-refractivity contribution in [2.45, 2.75) is 39.0 Å². The zero-order valence-corrected chi connectivity index (χ0v) is 11.0. The van der Waals surface area contributed by atoms with Crippen molar-refractivity contribution in [3.63, 3.8) is 0 Å². The Labute approximate surface area is 109 Å². The Kier molecular flexibility index (Phi) is 4.24. The van der Waals surface area contributed by atoms with Gasteiger partial charge in [0.2, 0.25) is 0 Å². The maximum absolute atomic E-state index is 11.9. The molecule has 0 aliphatic heterocycles. The fourth-order valence-corrected chi connectivity index (χ4v) is 2.57. The van der Waals surface area contributed by atoms with E-state index < -0.39 is 0 Å². The van der Waals surface area contributed by atoms with Gasteiger partial charge in [-0.15, -0.1) is 0 Å². The molecule has 1 aromatic carbocycles. The highest BCUT2D eigenvalue weighted by Crippen LogP contribution is 2.26. The first kappa shape index (κ1) is 12.9. The van der Waals surface area contributed by atoms with Gasteiger partial charge in [0.05, 0.1) is 0 Å². The molecular weight excluding hydrogens is 224 g/mol. The summed E-state index contributed by atoms with van der Waals surface area (Å²) in [5.41, 5.74) is 8.15. The molecule has 3 nitrogen and oxygen atoms in total. The number of nitrogen functional groups attached to an aromatic ring is 1. The van der Waals surface area contributed by atoms with Crippen LogP contribution < -0.4 is 11.1 Å². The van der Waals surface area contributed by atoms with Crippen LogP contribution in [-0.2, 0) is 0 Å². The molecule has 3 N–H and O–H groups in total. The maximum atomic E-state index is 11.9. The average molecular weight is 246 g/mol. The molecule has 2 rings (SSSR count). The van der Waals surface area contributed by atoms with E-state index in [-0.39, 0.29) is 5.91 Å². The van der Waals surface area contributed by atoms with Gasteiger partial charge >= 0.3 is 0 Å². The SMILES string of the molecule is Cc1ccc(C(=O)NCCC2CCCC2)cc1N. The lowest BCUT2D eigenvalue weighted by molar-refractivity contribution is 0.0951. The lowest BCUT2D eigenvalue weighted by Gasteiger charge is -2.10. The van der Waals surface area contributed by atoms with E-state index >= 15 is 0 Å². The summed E-state index contributed by atoms with van der Waals surface area (Å²) in [6.07, 6.45) is 6.47. The fourth-order valence-electron chi connectivity index (χ4n) is 2.57. The van der Waals surface area contributed by atoms with Gasteiger partial charge in [0, 0.05) is 17.8 Å². The van der Waals surface area contributed by atoms with E-state index in [1.165, 1.54) is 25.7 Å². The van der Waals surface area contributed by atoms with Gasteiger partial charge in [0.1, 0.15) is 0 Å². The van der Waals surface area contributed by atoms with Gasteiger partial charge < -0.3 is 11.1 Å². The molecule has 0 bridgehead atoms. The van der Waals surface area contributed by atoms with Gasteiger partial charge in [-0.25, -0.2) is 0 Å². The van der Waals surface area contributed by atoms with Crippen molar-refractivity contribution in [3.8, 4) is 0 Å². The molecule has 98 valence electrons. The van der Waals surface area contributed by atoms with Crippen LogP contribution in [0.4, 0.5) is 5.69 Å². The van der Waals surface area contributed by atoms with Crippen molar-refractivity contribution in [1.29, 1.82) is 0 Å². The molecular formula is C15H22N2O. The number of nitrogens with one attached hydrogen (secondary N) is 1. The van der Waals surface area contributed by atoms with Crippen molar-refractivity contribution < 1.29 is 4.79 Å². The molecule has 3 heteroatoms. The standard InChI is InChI=1S/C15H22N2O/c1-11-6-7-13(10-14(11)16)15(18)17-9-8-12-4-2-3-5-12/h6-7,10,12H,2-5,8-9,16H2,1H3,(H,17,18). The van der Waals surface area contributed by atoms with E-state index in [1.54, 1.807) is 6.07 Å². The van der Waals surface area contributed by atoms with Crippen LogP contribution in [0, 0.1) is 12.8 Å². The van der Waals surface area contributed by atoms with Gasteiger partial charge in [0.25, 0.3) is 5.91 Å². The van der Waals surface area contributed by atoms with E-state index in [1.807, 2.05) is 19.1 Å². The van der Waals surface area contributed by atoms with Crippen LogP contribution >= 0.6 is 0 Å². The number of carbonyl (C=O) groups is 1. The topological polar surface area (TPSA) is 55.1 Å². The first-order chi connectivity index (χ1) is 8.66. The summed E-state index contributed by atoms with van der Waals surface area (Å²) in [6.45, 7) is 2.72. The van der Waals surface area contributed by atoms with Crippen molar-refractivity contribution in [2.24, 2.45) is 5.92 Å². The zero-order chi connectivity index (χ0) is 13.0. The number of anilines is 1. The number of rotatable bonds is 4. The summed E-state index contributed by atoms with van der Waals surface area (Å²) in [5, 5.41) is 2.98. The Hall–Kier alpha value is -1.51. The van der Waals surface area contributed by atoms with Crippen molar-refractivity contribution in [3.05, 3.63) is 29.3 Å². The van der Waals surface area contributed by atoms with Gasteiger partial charge in [-0.05, 0) is 37.0 Å². The zero-order valence-electron chi connectivity index (χ0n) is 11.0. The molecule has 1 saturated carbocycles. The number of hydrogen-bond acceptors (Lipinski definition) is 2. The molecule has 0 unspecified atom stereocenters. The van der Waals surface area contributed by atoms with E-state index in [2.05, 4.69) is 5.32 Å². The molecule has 1 aliphatic rings. The predicted octanol–water partition coefficient (Wildman–Crippen LogP) is 2.89. The van der Waals surface area contributed by atoms with Crippen LogP contribution in [-0.4, -0.2) is 12.5 Å². The lowest BCUT2D eigenvalue weighted by Crippen LogP contribution is -2.25. The molecule has 18 heavy (non-hydrogen) atoms. The molecule has 1 fully saturated rings. The van der Waals surface area contributed by atoms with Gasteiger partial charge in [-0.3, -0.25) is 4.79 Å². The predicted molar refractivity (Wildman–Crippen MR) is 74.5 cm³/mol. The van der Waals surface area contributed by atoms with Crippen LogP contribution in [0.2, 0.25) is 0 Å². The first-order valence-electron chi connectivity index (χ1n) is 6.81. The third-order valence-electron chi connectivity index (χ3n) is 3.85. The highest BCUT2D eigenvalue weighted by molar-refractivity contribution is 5.95. The monoisotopic (exact) mass is 246 g/mol. The number of amides is 1. The smallest absolute Gasteiger partial charge is 0.251 e. The van der Waals surface area contributed by atoms with E-state index in [0.29, 0.717) is 11.3 Å². The summed E-state index contributed by atoms with van der Waals surface area (Å²) < 4.78 is 0. The first-order valence-corrected chi connectivity index (χ1v) is 6.81. The summed E-state index contributed by atoms with van der Waals surface area (Å²) in [7, 11) is 0. The van der Waals surface area contributed by atoms with E-state index in [4.69, 9.17) is 5.73 Å². The minimum Gasteiger partial charge on any atom is -0.398 e. The van der Waals surface area contributed by atoms with Crippen molar-refractivity contribution in [1.82, 2.24) is 5.32 Å². The molecule has 0 aromatic heterocycles. The summed E-state index contributed by atoms with van der Waals surface area (Å²) in [6, 6.07) is 5.47. The van der Waals surface area contributed by atoms with Crippen molar-refractivity contribution in [2.75, 3.05) is 12.3 Å². The molecule has 0 atom stereocenters. The molecule has 0 saturated heterocycles. The third-order valence-corrected chi connectivity index (χ3v) is 3.85. The van der Waals surface area contributed by atoms with Gasteiger partial charge in [0.15, 0.2) is 0 Å². The van der Waals surface area contributed by atoms with Gasteiger partial charge in [-0.1, -0.05) is 31.7 Å². The number of hydrogen-bond donors (Lipinski definition) is 2. The Balaban J connectivity index is 1.81. The Morgan fingerprint density at radius 1 is 1.39 bits per heavy atom. The molecule has 0 spiro atoms. The number of carbonyl (C=O) groups excluding carboxylic acids is 1. The van der Waals surface area contributed by atoms with E-state index in [9.17, 15) is 4.79 Å². The number of aryl methyl sites for hydroxylation is 1. The molecule has 1 aliphatic carbocycles. The Bertz CT molecular complexity index is 423. The molecule has 0 heterocycles. The summed E-state index contributed by atoms with van der Waals surface area (Å²) in [5.74, 6) is 0.799. The summed E-state index contributed by atoms with van der Waals surface area (Å²) in [4.78, 5) is 11.9. The second-order valence-electron chi connectivity index (χ2n) is 5.27. The second-order valence-corrected chi connectivity index (χ2v) is 5.27. The van der Waals surface area contributed by atoms with Gasteiger partial charge in [-0.2, -0.15) is 0 Å². The largest absolute Gasteiger partial charge is 0.398 e. The Morgan fingerprint density at radius 3 is 2.78 bits per heavy atom. The minimum atomic E-state index is -0.0142. The van der Waals surface area contributed by atoms with Crippen LogP contribution in [0.25, 0.3) is 0 Å². The Morgan fingerprint density at radius 2 is 2.11 bits per heavy atom. The number of nitrogens with two attached hydrogens (primary N) is 1. The van der Waals surface area contributed by atoms with E-state index in [0.717, 1.165) is 24.4 Å². The molecule has 1 amide bonds. The second kappa shape index (κ2) is 5.89. The molecule has 0 radical (unpaired) electrons. The summed E-state index contributed by atoms with van der Waals surface area (Å²) >= 11 is 0. The molecule has 1 aromatic rings. The average Bonchev–Trinajstić information content (AvgIpc) is 2.85. The highest BCUT2D eigenvalue weighted by Gasteiger charge is 2.15. The van der Waals surface area contributed by atoms with Crippen LogP contribution in [0.3, 0.4) is 0 Å². The quantitative estimate of drug-likeness (QED) is 0.803. The normalized spacial score (nSPS) is 15.8.